The molecule has 2 aromatic rings. The normalized spacial score (nSPS) is 13.3. The lowest BCUT2D eigenvalue weighted by Gasteiger charge is -2.02. The van der Waals surface area contributed by atoms with E-state index in [1.54, 1.807) is 24.3 Å². The highest BCUT2D eigenvalue weighted by Crippen LogP contribution is 2.09. The van der Waals surface area contributed by atoms with Crippen LogP contribution in [0, 0.1) is 0 Å². The third kappa shape index (κ3) is 5.67. The fourth-order valence-corrected chi connectivity index (χ4v) is 2.05. The Labute approximate surface area is 154 Å². The molecule has 2 N–H and O–H groups in total. The lowest BCUT2D eigenvalue weighted by molar-refractivity contribution is 0.0400. The zero-order valence-electron chi connectivity index (χ0n) is 14.1. The van der Waals surface area contributed by atoms with Crippen molar-refractivity contribution in [2.24, 2.45) is 0 Å². The molecule has 0 spiro atoms. The quantitative estimate of drug-likeness (QED) is 0.770. The van der Waals surface area contributed by atoms with E-state index in [1.807, 2.05) is 0 Å². The summed E-state index contributed by atoms with van der Waals surface area (Å²) in [5, 5.41) is 16.9. The van der Waals surface area contributed by atoms with Gasteiger partial charge in [0.2, 0.25) is 0 Å². The topological polar surface area (TPSA) is 127 Å². The van der Waals surface area contributed by atoms with Crippen molar-refractivity contribution >= 4 is 23.9 Å². The van der Waals surface area contributed by atoms with Crippen LogP contribution >= 0.6 is 0 Å². The number of carbonyl (C=O) groups is 4. The summed E-state index contributed by atoms with van der Waals surface area (Å²) in [7, 11) is 0. The maximum absolute atomic E-state index is 11.4. The Morgan fingerprint density at radius 1 is 0.667 bits per heavy atom. The maximum Gasteiger partial charge on any atom is 0.338 e. The SMILES string of the molecule is O=C(O)c1ccc(C(=O)O)cc1.O=C1OCCCOC(=O)c2ccc1cc2. The number of carboxylic acids is 2. The molecule has 0 unspecified atom stereocenters. The number of rotatable bonds is 2. The van der Waals surface area contributed by atoms with Crippen molar-refractivity contribution in [2.75, 3.05) is 13.2 Å². The minimum atomic E-state index is -1.06. The smallest absolute Gasteiger partial charge is 0.338 e. The molecule has 0 aliphatic carbocycles. The molecule has 2 bridgehead atoms. The molecule has 0 saturated carbocycles. The number of esters is 2. The summed E-state index contributed by atoms with van der Waals surface area (Å²) in [6.45, 7) is 0.541. The number of ether oxygens (including phenoxy) is 2. The van der Waals surface area contributed by atoms with E-state index in [-0.39, 0.29) is 36.3 Å². The summed E-state index contributed by atoms with van der Waals surface area (Å²) in [6.07, 6.45) is 0.526. The number of carboxylic acid groups (broad SMARTS) is 2. The molecule has 2 heterocycles. The average molecular weight is 372 g/mol. The van der Waals surface area contributed by atoms with Gasteiger partial charge in [-0.3, -0.25) is 0 Å². The molecule has 27 heavy (non-hydrogen) atoms. The number of fused-ring (bicyclic) bond motifs is 8. The summed E-state index contributed by atoms with van der Waals surface area (Å²) in [5.41, 5.74) is 1.07. The van der Waals surface area contributed by atoms with E-state index in [0.29, 0.717) is 17.5 Å². The van der Waals surface area contributed by atoms with Crippen LogP contribution < -0.4 is 0 Å². The van der Waals surface area contributed by atoms with Crippen molar-refractivity contribution in [3.05, 3.63) is 70.8 Å². The Morgan fingerprint density at radius 3 is 1.30 bits per heavy atom. The standard InChI is InChI=1S/C11H10O4.C8H6O4/c12-10-8-2-3-9(5-4-8)11(13)15-7-1-6-14-10;9-7(10)5-1-2-6(4-3-5)8(11)12/h2-5H,1,6-7H2;1-4H,(H,9,10)(H,11,12). The monoisotopic (exact) mass is 372 g/mol. The molecule has 8 nitrogen and oxygen atoms in total. The maximum atomic E-state index is 11.4. The van der Waals surface area contributed by atoms with Gasteiger partial charge in [-0.1, -0.05) is 0 Å². The van der Waals surface area contributed by atoms with Crippen LogP contribution in [-0.2, 0) is 9.47 Å². The van der Waals surface area contributed by atoms with E-state index in [4.69, 9.17) is 19.7 Å². The van der Waals surface area contributed by atoms with E-state index in [2.05, 4.69) is 0 Å². The molecule has 8 heteroatoms. The Kier molecular flexibility index (Phi) is 6.65. The molecule has 0 radical (unpaired) electrons. The average Bonchev–Trinajstić information content (AvgIpc) is 2.72. The summed E-state index contributed by atoms with van der Waals surface area (Å²) in [5.74, 6) is -2.86. The highest BCUT2D eigenvalue weighted by Gasteiger charge is 2.12. The van der Waals surface area contributed by atoms with E-state index >= 15 is 0 Å². The molecule has 2 aromatic carbocycles. The first-order valence-corrected chi connectivity index (χ1v) is 7.89. The van der Waals surface area contributed by atoms with Crippen molar-refractivity contribution in [3.8, 4) is 0 Å². The molecule has 0 aromatic heterocycles. The van der Waals surface area contributed by atoms with Gasteiger partial charge in [0.15, 0.2) is 0 Å². The molecule has 0 atom stereocenters. The fraction of sp³-hybridized carbons (Fsp3) is 0.158. The van der Waals surface area contributed by atoms with Crippen LogP contribution in [0.25, 0.3) is 0 Å². The lowest BCUT2D eigenvalue weighted by atomic mass is 10.1. The number of hydrogen-bond acceptors (Lipinski definition) is 6. The second-order valence-corrected chi connectivity index (χ2v) is 5.39. The highest BCUT2D eigenvalue weighted by molar-refractivity contribution is 5.93. The van der Waals surface area contributed by atoms with E-state index < -0.39 is 11.9 Å². The molecule has 140 valence electrons. The van der Waals surface area contributed by atoms with Crippen LogP contribution in [0.4, 0.5) is 0 Å². The van der Waals surface area contributed by atoms with Crippen molar-refractivity contribution in [2.45, 2.75) is 6.42 Å². The van der Waals surface area contributed by atoms with Gasteiger partial charge in [0.1, 0.15) is 0 Å². The number of aromatic carboxylic acids is 2. The third-order valence-corrected chi connectivity index (χ3v) is 3.49. The van der Waals surface area contributed by atoms with Gasteiger partial charge in [-0.15, -0.1) is 0 Å². The van der Waals surface area contributed by atoms with Crippen LogP contribution in [0.1, 0.15) is 47.9 Å². The van der Waals surface area contributed by atoms with Gasteiger partial charge in [0.25, 0.3) is 0 Å². The van der Waals surface area contributed by atoms with Gasteiger partial charge in [-0.05, 0) is 48.5 Å². The Balaban J connectivity index is 0.000000199. The molecule has 0 fully saturated rings. The molecule has 0 amide bonds. The first kappa shape index (κ1) is 19.6. The molecule has 4 rings (SSSR count). The van der Waals surface area contributed by atoms with Crippen molar-refractivity contribution < 1.29 is 38.9 Å². The lowest BCUT2D eigenvalue weighted by Crippen LogP contribution is -2.08. The molecule has 2 aliphatic rings. The summed E-state index contributed by atoms with van der Waals surface area (Å²) >= 11 is 0. The van der Waals surface area contributed by atoms with Crippen LogP contribution in [0.15, 0.2) is 48.5 Å². The number of hydrogen-bond donors (Lipinski definition) is 2. The summed E-state index contributed by atoms with van der Waals surface area (Å²) < 4.78 is 9.92. The molecule has 2 aliphatic heterocycles. The van der Waals surface area contributed by atoms with Gasteiger partial charge in [-0.25, -0.2) is 19.2 Å². The zero-order valence-corrected chi connectivity index (χ0v) is 14.1. The van der Waals surface area contributed by atoms with E-state index in [0.717, 1.165) is 0 Å². The third-order valence-electron chi connectivity index (χ3n) is 3.49. The Bertz CT molecular complexity index is 767. The first-order valence-electron chi connectivity index (χ1n) is 7.89. The Hall–Kier alpha value is -3.68. The highest BCUT2D eigenvalue weighted by atomic mass is 16.5. The van der Waals surface area contributed by atoms with Crippen LogP contribution in [0.3, 0.4) is 0 Å². The second-order valence-electron chi connectivity index (χ2n) is 5.39. The zero-order chi connectivity index (χ0) is 19.8. The summed E-state index contributed by atoms with van der Waals surface area (Å²) in [6, 6.07) is 11.3. The van der Waals surface area contributed by atoms with E-state index in [1.165, 1.54) is 24.3 Å². The Morgan fingerprint density at radius 2 is 1.00 bits per heavy atom. The fourth-order valence-electron chi connectivity index (χ4n) is 2.05. The van der Waals surface area contributed by atoms with Gasteiger partial charge in [-0.2, -0.15) is 0 Å². The number of carbonyl (C=O) groups excluding carboxylic acids is 2. The minimum Gasteiger partial charge on any atom is -0.478 e. The van der Waals surface area contributed by atoms with Crippen LogP contribution in [0.2, 0.25) is 0 Å². The van der Waals surface area contributed by atoms with Gasteiger partial charge in [0, 0.05) is 6.42 Å². The number of benzene rings is 2. The predicted molar refractivity (Wildman–Crippen MR) is 92.0 cm³/mol. The van der Waals surface area contributed by atoms with Crippen molar-refractivity contribution in [3.63, 3.8) is 0 Å². The first-order chi connectivity index (χ1) is 12.9. The van der Waals surface area contributed by atoms with Crippen molar-refractivity contribution in [1.82, 2.24) is 0 Å². The predicted octanol–water partition coefficient (Wildman–Crippen LogP) is 2.49. The second kappa shape index (κ2) is 9.14. The molecular formula is C19H16O8. The van der Waals surface area contributed by atoms with Crippen LogP contribution in [-0.4, -0.2) is 47.3 Å². The summed E-state index contributed by atoms with van der Waals surface area (Å²) in [4.78, 5) is 43.4. The van der Waals surface area contributed by atoms with Gasteiger partial charge in [0.05, 0.1) is 35.5 Å². The van der Waals surface area contributed by atoms with E-state index in [9.17, 15) is 19.2 Å². The minimum absolute atomic E-state index is 0.0833. The van der Waals surface area contributed by atoms with Crippen molar-refractivity contribution in [1.29, 1.82) is 0 Å². The van der Waals surface area contributed by atoms with Gasteiger partial charge < -0.3 is 19.7 Å². The van der Waals surface area contributed by atoms with Gasteiger partial charge >= 0.3 is 23.9 Å². The molecule has 0 saturated heterocycles. The molecular weight excluding hydrogens is 356 g/mol. The largest absolute Gasteiger partial charge is 0.478 e. The van der Waals surface area contributed by atoms with Crippen LogP contribution in [0.5, 0.6) is 0 Å².